The number of aliphatic carboxylic acids is 1. The van der Waals surface area contributed by atoms with Crippen LogP contribution in [0.4, 0.5) is 4.79 Å². The van der Waals surface area contributed by atoms with Crippen LogP contribution in [0, 0.1) is 5.92 Å². The minimum atomic E-state index is -0.869. The van der Waals surface area contributed by atoms with Gasteiger partial charge in [-0.3, -0.25) is 9.59 Å². The Labute approximate surface area is 199 Å². The van der Waals surface area contributed by atoms with E-state index in [1.165, 1.54) is 22.3 Å². The van der Waals surface area contributed by atoms with E-state index in [-0.39, 0.29) is 42.9 Å². The lowest BCUT2D eigenvalue weighted by Crippen LogP contribution is -2.44. The zero-order valence-electron chi connectivity index (χ0n) is 19.5. The third kappa shape index (κ3) is 5.58. The standard InChI is InChI=1S/C27H32N2O5/c1-17(13-14-25(30)31)28-26(32)18-7-6-8-19(15-18)29-27(33)34-16-24-22-11-4-2-9-20(22)21-10-3-5-12-23(21)24/h2-5,9-12,17-19,24H,6-8,13-16H2,1H3,(H,28,32)(H,29,33)(H,30,31)/t17?,18-,19-/m1/s1. The van der Waals surface area contributed by atoms with Crippen molar-refractivity contribution < 1.29 is 24.2 Å². The summed E-state index contributed by atoms with van der Waals surface area (Å²) in [6, 6.07) is 16.1. The molecule has 2 aromatic rings. The molecule has 1 fully saturated rings. The monoisotopic (exact) mass is 464 g/mol. The molecule has 2 aliphatic carbocycles. The molecule has 0 aliphatic heterocycles. The van der Waals surface area contributed by atoms with E-state index in [0.717, 1.165) is 19.3 Å². The maximum absolute atomic E-state index is 12.6. The molecule has 2 amide bonds. The molecular formula is C27H32N2O5. The van der Waals surface area contributed by atoms with Crippen molar-refractivity contribution in [2.75, 3.05) is 6.61 Å². The Kier molecular flexibility index (Phi) is 7.50. The van der Waals surface area contributed by atoms with Crippen molar-refractivity contribution >= 4 is 18.0 Å². The van der Waals surface area contributed by atoms with Gasteiger partial charge in [0.05, 0.1) is 0 Å². The summed E-state index contributed by atoms with van der Waals surface area (Å²) >= 11 is 0. The number of nitrogens with one attached hydrogen (secondary N) is 2. The molecular weight excluding hydrogens is 432 g/mol. The number of ether oxygens (including phenoxy) is 1. The Bertz CT molecular complexity index is 1010. The molecule has 180 valence electrons. The van der Waals surface area contributed by atoms with E-state index in [9.17, 15) is 14.4 Å². The second kappa shape index (κ2) is 10.7. The van der Waals surface area contributed by atoms with Crippen LogP contribution >= 0.6 is 0 Å². The first-order chi connectivity index (χ1) is 16.4. The zero-order valence-corrected chi connectivity index (χ0v) is 19.5. The largest absolute Gasteiger partial charge is 0.481 e. The van der Waals surface area contributed by atoms with Crippen LogP contribution in [0.2, 0.25) is 0 Å². The van der Waals surface area contributed by atoms with Gasteiger partial charge < -0.3 is 20.5 Å². The summed E-state index contributed by atoms with van der Waals surface area (Å²) in [5, 5.41) is 14.7. The van der Waals surface area contributed by atoms with Crippen LogP contribution in [0.3, 0.4) is 0 Å². The van der Waals surface area contributed by atoms with Gasteiger partial charge in [0, 0.05) is 30.3 Å². The van der Waals surface area contributed by atoms with Crippen LogP contribution in [-0.4, -0.2) is 41.8 Å². The maximum atomic E-state index is 12.6. The number of carboxylic acids is 1. The van der Waals surface area contributed by atoms with E-state index in [1.54, 1.807) is 0 Å². The van der Waals surface area contributed by atoms with Crippen LogP contribution in [0.5, 0.6) is 0 Å². The Morgan fingerprint density at radius 2 is 1.68 bits per heavy atom. The van der Waals surface area contributed by atoms with Crippen LogP contribution in [-0.2, 0) is 14.3 Å². The number of alkyl carbamates (subject to hydrolysis) is 1. The second-order valence-electron chi connectivity index (χ2n) is 9.37. The first-order valence-corrected chi connectivity index (χ1v) is 12.1. The molecule has 0 aromatic heterocycles. The molecule has 3 atom stereocenters. The molecule has 2 aromatic carbocycles. The molecule has 1 saturated carbocycles. The number of rotatable bonds is 8. The fourth-order valence-electron chi connectivity index (χ4n) is 5.14. The third-order valence-corrected chi connectivity index (χ3v) is 6.89. The highest BCUT2D eigenvalue weighted by molar-refractivity contribution is 5.80. The summed E-state index contributed by atoms with van der Waals surface area (Å²) in [6.45, 7) is 2.08. The topological polar surface area (TPSA) is 105 Å². The van der Waals surface area contributed by atoms with Gasteiger partial charge in [-0.05, 0) is 54.9 Å². The average Bonchev–Trinajstić information content (AvgIpc) is 3.15. The number of hydrogen-bond acceptors (Lipinski definition) is 4. The predicted octanol–water partition coefficient (Wildman–Crippen LogP) is 4.45. The molecule has 1 unspecified atom stereocenters. The fourth-order valence-corrected chi connectivity index (χ4v) is 5.14. The van der Waals surface area contributed by atoms with E-state index in [0.29, 0.717) is 12.8 Å². The van der Waals surface area contributed by atoms with E-state index in [2.05, 4.69) is 34.9 Å². The minimum absolute atomic E-state index is 0.00956. The average molecular weight is 465 g/mol. The number of carbonyl (C=O) groups excluding carboxylic acids is 2. The number of carboxylic acid groups (broad SMARTS) is 1. The van der Waals surface area contributed by atoms with Gasteiger partial charge >= 0.3 is 12.1 Å². The highest BCUT2D eigenvalue weighted by Crippen LogP contribution is 2.44. The van der Waals surface area contributed by atoms with Gasteiger partial charge in [0.25, 0.3) is 0 Å². The van der Waals surface area contributed by atoms with Crippen molar-refractivity contribution in [1.29, 1.82) is 0 Å². The number of carbonyl (C=O) groups is 3. The third-order valence-electron chi connectivity index (χ3n) is 6.89. The van der Waals surface area contributed by atoms with Gasteiger partial charge in [0.15, 0.2) is 0 Å². The van der Waals surface area contributed by atoms with Crippen LogP contribution in [0.15, 0.2) is 48.5 Å². The Balaban J connectivity index is 1.28. The lowest BCUT2D eigenvalue weighted by Gasteiger charge is -2.29. The smallest absolute Gasteiger partial charge is 0.407 e. The zero-order chi connectivity index (χ0) is 24.1. The molecule has 0 heterocycles. The Morgan fingerprint density at radius 3 is 2.32 bits per heavy atom. The quantitative estimate of drug-likeness (QED) is 0.535. The molecule has 0 saturated heterocycles. The predicted molar refractivity (Wildman–Crippen MR) is 128 cm³/mol. The lowest BCUT2D eigenvalue weighted by molar-refractivity contribution is -0.137. The summed E-state index contributed by atoms with van der Waals surface area (Å²) in [5.41, 5.74) is 4.71. The van der Waals surface area contributed by atoms with Crippen LogP contribution in [0.1, 0.15) is 62.5 Å². The van der Waals surface area contributed by atoms with Gasteiger partial charge in [-0.25, -0.2) is 4.79 Å². The van der Waals surface area contributed by atoms with Gasteiger partial charge in [-0.15, -0.1) is 0 Å². The number of fused-ring (bicyclic) bond motifs is 3. The molecule has 0 bridgehead atoms. The van der Waals surface area contributed by atoms with Crippen LogP contribution < -0.4 is 10.6 Å². The summed E-state index contributed by atoms with van der Waals surface area (Å²) in [4.78, 5) is 36.0. The summed E-state index contributed by atoms with van der Waals surface area (Å²) in [5.74, 6) is -1.13. The molecule has 0 spiro atoms. The maximum Gasteiger partial charge on any atom is 0.407 e. The summed E-state index contributed by atoms with van der Waals surface area (Å²) in [7, 11) is 0. The highest BCUT2D eigenvalue weighted by atomic mass is 16.5. The molecule has 34 heavy (non-hydrogen) atoms. The molecule has 7 heteroatoms. The Morgan fingerprint density at radius 1 is 1.03 bits per heavy atom. The first kappa shape index (κ1) is 23.8. The minimum Gasteiger partial charge on any atom is -0.481 e. The van der Waals surface area contributed by atoms with Crippen molar-refractivity contribution in [2.45, 2.75) is 63.5 Å². The van der Waals surface area contributed by atoms with Crippen molar-refractivity contribution in [1.82, 2.24) is 10.6 Å². The van der Waals surface area contributed by atoms with E-state index in [1.807, 2.05) is 31.2 Å². The number of benzene rings is 2. The summed E-state index contributed by atoms with van der Waals surface area (Å²) < 4.78 is 5.65. The molecule has 4 rings (SSSR count). The van der Waals surface area contributed by atoms with Gasteiger partial charge in [0.1, 0.15) is 6.61 Å². The SMILES string of the molecule is CC(CCC(=O)O)NC(=O)[C@@H]1CCC[C@@H](NC(=O)OCC2c3ccccc3-c3ccccc32)C1. The lowest BCUT2D eigenvalue weighted by atomic mass is 9.85. The van der Waals surface area contributed by atoms with Crippen LogP contribution in [0.25, 0.3) is 11.1 Å². The van der Waals surface area contributed by atoms with Gasteiger partial charge in [-0.2, -0.15) is 0 Å². The fraction of sp³-hybridized carbons (Fsp3) is 0.444. The van der Waals surface area contributed by atoms with E-state index >= 15 is 0 Å². The summed E-state index contributed by atoms with van der Waals surface area (Å²) in [6.07, 6.45) is 2.94. The van der Waals surface area contributed by atoms with Gasteiger partial charge in [-0.1, -0.05) is 55.0 Å². The normalized spacial score (nSPS) is 20.0. The van der Waals surface area contributed by atoms with Gasteiger partial charge in [0.2, 0.25) is 5.91 Å². The molecule has 2 aliphatic rings. The van der Waals surface area contributed by atoms with Crippen molar-refractivity contribution in [3.63, 3.8) is 0 Å². The number of hydrogen-bond donors (Lipinski definition) is 3. The van der Waals surface area contributed by atoms with Crippen molar-refractivity contribution in [3.05, 3.63) is 59.7 Å². The van der Waals surface area contributed by atoms with Crippen molar-refractivity contribution in [3.8, 4) is 11.1 Å². The first-order valence-electron chi connectivity index (χ1n) is 12.1. The van der Waals surface area contributed by atoms with E-state index in [4.69, 9.17) is 9.84 Å². The molecule has 3 N–H and O–H groups in total. The van der Waals surface area contributed by atoms with E-state index < -0.39 is 12.1 Å². The molecule has 7 nitrogen and oxygen atoms in total. The Hall–Kier alpha value is -3.35. The number of amides is 2. The molecule has 0 radical (unpaired) electrons. The highest BCUT2D eigenvalue weighted by Gasteiger charge is 2.31. The second-order valence-corrected chi connectivity index (χ2v) is 9.37. The van der Waals surface area contributed by atoms with Crippen molar-refractivity contribution in [2.24, 2.45) is 5.92 Å².